The molecule has 63 heavy (non-hydrogen) atoms. The van der Waals surface area contributed by atoms with Crippen molar-refractivity contribution < 1.29 is 0 Å². The lowest BCUT2D eigenvalue weighted by atomic mass is 9.67. The fraction of sp³-hybridized carbons (Fsp3) is 0.0164. The molecule has 0 radical (unpaired) electrons. The van der Waals surface area contributed by atoms with Crippen LogP contribution in [0.25, 0.3) is 33.4 Å². The lowest BCUT2D eigenvalue weighted by Gasteiger charge is -2.34. The molecule has 1 aliphatic carbocycles. The van der Waals surface area contributed by atoms with Crippen molar-refractivity contribution in [1.82, 2.24) is 0 Å². The minimum Gasteiger partial charge on any atom is -0.310 e. The van der Waals surface area contributed by atoms with Gasteiger partial charge in [-0.05, 0) is 117 Å². The van der Waals surface area contributed by atoms with Gasteiger partial charge in [-0.25, -0.2) is 0 Å². The first-order valence-corrected chi connectivity index (χ1v) is 21.7. The first-order valence-electron chi connectivity index (χ1n) is 21.7. The molecule has 0 fully saturated rings. The van der Waals surface area contributed by atoms with Gasteiger partial charge >= 0.3 is 0 Å². The number of hydrogen-bond acceptors (Lipinski definition) is 2. The average molecular weight is 805 g/mol. The Morgan fingerprint density at radius 3 is 1.17 bits per heavy atom. The van der Waals surface area contributed by atoms with E-state index in [4.69, 9.17) is 0 Å². The maximum absolute atomic E-state index is 2.39. The number of benzene rings is 10. The largest absolute Gasteiger partial charge is 0.310 e. The van der Waals surface area contributed by atoms with Gasteiger partial charge in [-0.15, -0.1) is 0 Å². The Kier molecular flexibility index (Phi) is 9.80. The Balaban J connectivity index is 1.13. The normalized spacial score (nSPS) is 12.3. The topological polar surface area (TPSA) is 6.48 Å². The van der Waals surface area contributed by atoms with Gasteiger partial charge in [0.05, 0.1) is 11.1 Å². The first kappa shape index (κ1) is 37.8. The predicted molar refractivity (Wildman–Crippen MR) is 264 cm³/mol. The summed E-state index contributed by atoms with van der Waals surface area (Å²) >= 11 is 0. The van der Waals surface area contributed by atoms with E-state index in [1.165, 1.54) is 33.4 Å². The van der Waals surface area contributed by atoms with Crippen molar-refractivity contribution in [3.8, 4) is 33.4 Å². The van der Waals surface area contributed by atoms with E-state index in [1.54, 1.807) is 0 Å². The Hall–Kier alpha value is -8.20. The fourth-order valence-corrected chi connectivity index (χ4v) is 9.87. The second-order valence-electron chi connectivity index (χ2n) is 16.0. The molecule has 0 aromatic heterocycles. The molecule has 1 aliphatic rings. The summed E-state index contributed by atoms with van der Waals surface area (Å²) in [6.45, 7) is 0. The van der Waals surface area contributed by atoms with Crippen molar-refractivity contribution in [1.29, 1.82) is 0 Å². The van der Waals surface area contributed by atoms with Gasteiger partial charge in [0.25, 0.3) is 0 Å². The van der Waals surface area contributed by atoms with E-state index in [0.717, 1.165) is 56.4 Å². The second kappa shape index (κ2) is 16.3. The van der Waals surface area contributed by atoms with E-state index in [9.17, 15) is 0 Å². The summed E-state index contributed by atoms with van der Waals surface area (Å²) in [6, 6.07) is 96.8. The van der Waals surface area contributed by atoms with Crippen LogP contribution in [0.1, 0.15) is 22.3 Å². The SMILES string of the molecule is c1ccc(N(c2ccccc2)c2cccc(-c3c(-c4ccc(C5(c6ccccc6)c6ccccc6-c6ccccc65)cc4)cccc3N(c3ccccc3)c3ccccc3)c2)cc1. The highest BCUT2D eigenvalue weighted by Crippen LogP contribution is 2.56. The monoisotopic (exact) mass is 804 g/mol. The molecular weight excluding hydrogens is 761 g/mol. The molecule has 0 N–H and O–H groups in total. The van der Waals surface area contributed by atoms with E-state index < -0.39 is 5.41 Å². The maximum Gasteiger partial charge on any atom is 0.0713 e. The van der Waals surface area contributed by atoms with Gasteiger partial charge in [-0.2, -0.15) is 0 Å². The van der Waals surface area contributed by atoms with E-state index >= 15 is 0 Å². The molecule has 2 heteroatoms. The zero-order chi connectivity index (χ0) is 42.0. The number of hydrogen-bond donors (Lipinski definition) is 0. The molecule has 0 aliphatic heterocycles. The van der Waals surface area contributed by atoms with E-state index in [1.807, 2.05) is 0 Å². The number of nitrogens with zero attached hydrogens (tertiary/aromatic N) is 2. The minimum atomic E-state index is -0.470. The highest BCUT2D eigenvalue weighted by molar-refractivity contribution is 5.98. The molecule has 298 valence electrons. The number of fused-ring (bicyclic) bond motifs is 3. The molecule has 2 nitrogen and oxygen atoms in total. The second-order valence-corrected chi connectivity index (χ2v) is 16.0. The van der Waals surface area contributed by atoms with Crippen LogP contribution in [-0.4, -0.2) is 0 Å². The van der Waals surface area contributed by atoms with Gasteiger partial charge in [0.15, 0.2) is 0 Å². The van der Waals surface area contributed by atoms with Crippen molar-refractivity contribution in [2.24, 2.45) is 0 Å². The molecule has 10 aromatic carbocycles. The van der Waals surface area contributed by atoms with Crippen molar-refractivity contribution in [2.75, 3.05) is 9.80 Å². The summed E-state index contributed by atoms with van der Waals surface area (Å²) < 4.78 is 0. The Bertz CT molecular complexity index is 3020. The average Bonchev–Trinajstić information content (AvgIpc) is 3.67. The van der Waals surface area contributed by atoms with Crippen LogP contribution in [0.5, 0.6) is 0 Å². The Morgan fingerprint density at radius 1 is 0.254 bits per heavy atom. The Labute approximate surface area is 370 Å². The van der Waals surface area contributed by atoms with Crippen LogP contribution < -0.4 is 9.80 Å². The van der Waals surface area contributed by atoms with Gasteiger partial charge < -0.3 is 9.80 Å². The van der Waals surface area contributed by atoms with Crippen molar-refractivity contribution in [3.05, 3.63) is 289 Å². The summed E-state index contributed by atoms with van der Waals surface area (Å²) in [5, 5.41) is 0. The van der Waals surface area contributed by atoms with E-state index in [-0.39, 0.29) is 0 Å². The summed E-state index contributed by atoms with van der Waals surface area (Å²) in [6.07, 6.45) is 0. The third-order valence-electron chi connectivity index (χ3n) is 12.5. The zero-order valence-corrected chi connectivity index (χ0v) is 34.8. The van der Waals surface area contributed by atoms with Crippen LogP contribution >= 0.6 is 0 Å². The lowest BCUT2D eigenvalue weighted by molar-refractivity contribution is 0.768. The van der Waals surface area contributed by atoms with E-state index in [2.05, 4.69) is 277 Å². The highest BCUT2D eigenvalue weighted by atomic mass is 15.2. The minimum absolute atomic E-state index is 0.470. The van der Waals surface area contributed by atoms with Crippen LogP contribution in [0, 0.1) is 0 Å². The molecule has 0 saturated heterocycles. The number of para-hydroxylation sites is 4. The zero-order valence-electron chi connectivity index (χ0n) is 34.8. The van der Waals surface area contributed by atoms with Crippen LogP contribution in [0.3, 0.4) is 0 Å². The van der Waals surface area contributed by atoms with E-state index in [0.29, 0.717) is 0 Å². The van der Waals surface area contributed by atoms with Crippen LogP contribution in [0.4, 0.5) is 34.1 Å². The highest BCUT2D eigenvalue weighted by Gasteiger charge is 2.45. The smallest absolute Gasteiger partial charge is 0.0713 e. The lowest BCUT2D eigenvalue weighted by Crippen LogP contribution is -2.28. The van der Waals surface area contributed by atoms with Gasteiger partial charge in [0.2, 0.25) is 0 Å². The molecule has 0 bridgehead atoms. The summed E-state index contributed by atoms with van der Waals surface area (Å²) in [7, 11) is 0. The third-order valence-corrected chi connectivity index (χ3v) is 12.5. The summed E-state index contributed by atoms with van der Waals surface area (Å²) in [5.41, 5.74) is 18.4. The molecular formula is C61H44N2. The van der Waals surface area contributed by atoms with Crippen molar-refractivity contribution in [2.45, 2.75) is 5.41 Å². The number of anilines is 6. The third kappa shape index (κ3) is 6.61. The Morgan fingerprint density at radius 2 is 0.651 bits per heavy atom. The fourth-order valence-electron chi connectivity index (χ4n) is 9.87. The molecule has 0 amide bonds. The van der Waals surface area contributed by atoms with Crippen LogP contribution in [-0.2, 0) is 5.41 Å². The predicted octanol–water partition coefficient (Wildman–Crippen LogP) is 16.3. The quantitative estimate of drug-likeness (QED) is 0.136. The molecule has 0 unspecified atom stereocenters. The van der Waals surface area contributed by atoms with Crippen LogP contribution in [0.15, 0.2) is 267 Å². The molecule has 0 atom stereocenters. The summed E-state index contributed by atoms with van der Waals surface area (Å²) in [5.74, 6) is 0. The van der Waals surface area contributed by atoms with Gasteiger partial charge in [-0.1, -0.05) is 200 Å². The molecule has 0 saturated carbocycles. The van der Waals surface area contributed by atoms with Crippen LogP contribution in [0.2, 0.25) is 0 Å². The standard InChI is InChI=1S/C61H44N2/c1-6-23-47(24-7-1)61(57-37-18-16-34-55(57)56-35-17-19-38-58(56)61)48-42-40-45(41-43-48)54-36-21-39-59(63(51-29-12-4-13-30-51)52-31-14-5-15-32-52)60(54)46-22-20-33-53(44-46)62(49-25-8-2-9-26-49)50-27-10-3-11-28-50/h1-44H. The number of rotatable bonds is 10. The first-order chi connectivity index (χ1) is 31.3. The van der Waals surface area contributed by atoms with Gasteiger partial charge in [0.1, 0.15) is 0 Å². The van der Waals surface area contributed by atoms with Crippen molar-refractivity contribution in [3.63, 3.8) is 0 Å². The van der Waals surface area contributed by atoms with Gasteiger partial charge in [0, 0.05) is 34.0 Å². The molecule has 0 spiro atoms. The molecule has 11 rings (SSSR count). The van der Waals surface area contributed by atoms with Gasteiger partial charge in [-0.3, -0.25) is 0 Å². The molecule has 10 aromatic rings. The summed E-state index contributed by atoms with van der Waals surface area (Å²) in [4.78, 5) is 4.73. The van der Waals surface area contributed by atoms with Crippen molar-refractivity contribution >= 4 is 34.1 Å². The molecule has 0 heterocycles. The maximum atomic E-state index is 2.39.